The summed E-state index contributed by atoms with van der Waals surface area (Å²) in [7, 11) is 0. The fourth-order valence-corrected chi connectivity index (χ4v) is 2.32. The highest BCUT2D eigenvalue weighted by atomic mass is 32.1. The monoisotopic (exact) mass is 244 g/mol. The number of nitrogen functional groups attached to an aromatic ring is 1. The molecule has 0 radical (unpaired) electrons. The summed E-state index contributed by atoms with van der Waals surface area (Å²) in [5.74, 6) is 0.849. The van der Waals surface area contributed by atoms with E-state index in [9.17, 15) is 4.79 Å². The van der Waals surface area contributed by atoms with Gasteiger partial charge in [0, 0.05) is 6.07 Å². The topological polar surface area (TPSA) is 69.1 Å². The number of nitrogens with zero attached hydrogens (tertiary/aromatic N) is 1. The van der Waals surface area contributed by atoms with Crippen molar-refractivity contribution in [3.63, 3.8) is 0 Å². The summed E-state index contributed by atoms with van der Waals surface area (Å²) in [5, 5.41) is 0.569. The van der Waals surface area contributed by atoms with Crippen LogP contribution in [0.15, 0.2) is 45.1 Å². The number of rotatable bonds is 1. The van der Waals surface area contributed by atoms with Crippen molar-refractivity contribution in [1.29, 1.82) is 0 Å². The molecule has 0 amide bonds. The third kappa shape index (κ3) is 1.60. The normalized spacial score (nSPS) is 10.8. The van der Waals surface area contributed by atoms with Gasteiger partial charge in [0.2, 0.25) is 0 Å². The maximum Gasteiger partial charge on any atom is 0.193 e. The molecule has 0 fully saturated rings. The fraction of sp³-hybridized carbons (Fsp3) is 0. The molecular weight excluding hydrogens is 236 g/mol. The Hall–Kier alpha value is -2.14. The lowest BCUT2D eigenvalue weighted by atomic mass is 10.2. The van der Waals surface area contributed by atoms with Gasteiger partial charge in [0.25, 0.3) is 0 Å². The van der Waals surface area contributed by atoms with Gasteiger partial charge in [-0.05, 0) is 12.1 Å². The molecule has 0 bridgehead atoms. The van der Waals surface area contributed by atoms with Crippen molar-refractivity contribution in [3.8, 4) is 10.6 Å². The summed E-state index contributed by atoms with van der Waals surface area (Å²) in [6.07, 6.45) is 0. The molecule has 0 saturated heterocycles. The molecule has 3 aromatic rings. The third-order valence-corrected chi connectivity index (χ3v) is 3.31. The highest BCUT2D eigenvalue weighted by Crippen LogP contribution is 2.29. The molecule has 3 rings (SSSR count). The second-order valence-corrected chi connectivity index (χ2v) is 4.39. The average Bonchev–Trinajstić information content (AvgIpc) is 2.75. The van der Waals surface area contributed by atoms with Crippen LogP contribution in [-0.4, -0.2) is 4.98 Å². The van der Waals surface area contributed by atoms with E-state index in [-0.39, 0.29) is 5.43 Å². The van der Waals surface area contributed by atoms with Crippen molar-refractivity contribution >= 4 is 28.1 Å². The molecule has 5 heteroatoms. The van der Waals surface area contributed by atoms with Gasteiger partial charge in [-0.15, -0.1) is 11.3 Å². The van der Waals surface area contributed by atoms with Crippen LogP contribution in [0.1, 0.15) is 0 Å². The van der Waals surface area contributed by atoms with Crippen LogP contribution < -0.4 is 11.2 Å². The van der Waals surface area contributed by atoms with Crippen molar-refractivity contribution in [1.82, 2.24) is 4.98 Å². The third-order valence-electron chi connectivity index (χ3n) is 2.45. The number of anilines is 1. The lowest BCUT2D eigenvalue weighted by Gasteiger charge is -2.00. The van der Waals surface area contributed by atoms with E-state index in [4.69, 9.17) is 10.2 Å². The molecule has 0 aliphatic heterocycles. The summed E-state index contributed by atoms with van der Waals surface area (Å²) < 4.78 is 5.66. The lowest BCUT2D eigenvalue weighted by Crippen LogP contribution is -2.00. The standard InChI is InChI=1S/C12H8N2O2S/c13-12-11(17-6-14-12)10-5-8(15)7-3-1-2-4-9(7)16-10/h1-6H,13H2. The Balaban J connectivity index is 2.33. The van der Waals surface area contributed by atoms with E-state index >= 15 is 0 Å². The molecular formula is C12H8N2O2S. The van der Waals surface area contributed by atoms with Crippen molar-refractivity contribution in [2.45, 2.75) is 0 Å². The van der Waals surface area contributed by atoms with Crippen LogP contribution in [0.5, 0.6) is 0 Å². The first-order valence-corrected chi connectivity index (χ1v) is 5.86. The van der Waals surface area contributed by atoms with Crippen molar-refractivity contribution in [2.24, 2.45) is 0 Å². The molecule has 0 spiro atoms. The van der Waals surface area contributed by atoms with Crippen LogP contribution in [0.3, 0.4) is 0 Å². The van der Waals surface area contributed by atoms with Crippen LogP contribution >= 0.6 is 11.3 Å². The minimum Gasteiger partial charge on any atom is -0.455 e. The Morgan fingerprint density at radius 2 is 2.12 bits per heavy atom. The molecule has 84 valence electrons. The average molecular weight is 244 g/mol. The van der Waals surface area contributed by atoms with Crippen LogP contribution in [0, 0.1) is 0 Å². The highest BCUT2D eigenvalue weighted by Gasteiger charge is 2.11. The zero-order valence-electron chi connectivity index (χ0n) is 8.71. The van der Waals surface area contributed by atoms with Crippen LogP contribution in [-0.2, 0) is 0 Å². The molecule has 2 heterocycles. The summed E-state index contributed by atoms with van der Waals surface area (Å²) in [6, 6.07) is 8.58. The summed E-state index contributed by atoms with van der Waals surface area (Å²) in [6.45, 7) is 0. The Kier molecular flexibility index (Phi) is 2.19. The van der Waals surface area contributed by atoms with Gasteiger partial charge in [0.1, 0.15) is 16.3 Å². The van der Waals surface area contributed by atoms with Gasteiger partial charge in [-0.25, -0.2) is 4.98 Å². The van der Waals surface area contributed by atoms with E-state index in [1.807, 2.05) is 6.07 Å². The van der Waals surface area contributed by atoms with E-state index in [0.717, 1.165) is 0 Å². The summed E-state index contributed by atoms with van der Waals surface area (Å²) in [5.41, 5.74) is 7.81. The lowest BCUT2D eigenvalue weighted by molar-refractivity contribution is 0.621. The SMILES string of the molecule is Nc1ncsc1-c1cc(=O)c2ccccc2o1. The maximum atomic E-state index is 11.9. The van der Waals surface area contributed by atoms with Crippen molar-refractivity contribution in [3.05, 3.63) is 46.1 Å². The number of aromatic nitrogens is 1. The van der Waals surface area contributed by atoms with E-state index in [1.165, 1.54) is 17.4 Å². The van der Waals surface area contributed by atoms with Gasteiger partial charge in [-0.1, -0.05) is 12.1 Å². The van der Waals surface area contributed by atoms with E-state index in [1.54, 1.807) is 23.7 Å². The second-order valence-electron chi connectivity index (χ2n) is 3.54. The largest absolute Gasteiger partial charge is 0.455 e. The van der Waals surface area contributed by atoms with Crippen molar-refractivity contribution in [2.75, 3.05) is 5.73 Å². The predicted molar refractivity (Wildman–Crippen MR) is 68.0 cm³/mol. The number of thiazole rings is 1. The smallest absolute Gasteiger partial charge is 0.193 e. The van der Waals surface area contributed by atoms with Crippen LogP contribution in [0.2, 0.25) is 0 Å². The first kappa shape index (κ1) is 10.0. The van der Waals surface area contributed by atoms with Gasteiger partial charge < -0.3 is 10.2 Å². The molecule has 1 aromatic carbocycles. The maximum absolute atomic E-state index is 11.9. The molecule has 0 aliphatic rings. The second kappa shape index (κ2) is 3.71. The molecule has 17 heavy (non-hydrogen) atoms. The van der Waals surface area contributed by atoms with Crippen molar-refractivity contribution < 1.29 is 4.42 Å². The molecule has 2 aromatic heterocycles. The molecule has 0 unspecified atom stereocenters. The summed E-state index contributed by atoms with van der Waals surface area (Å²) in [4.78, 5) is 16.5. The number of para-hydroxylation sites is 1. The molecule has 0 aliphatic carbocycles. The molecule has 4 nitrogen and oxygen atoms in total. The van der Waals surface area contributed by atoms with Gasteiger partial charge >= 0.3 is 0 Å². The van der Waals surface area contributed by atoms with Crippen LogP contribution in [0.4, 0.5) is 5.82 Å². The first-order chi connectivity index (χ1) is 8.25. The van der Waals surface area contributed by atoms with Crippen LogP contribution in [0.25, 0.3) is 21.6 Å². The van der Waals surface area contributed by atoms with E-state index < -0.39 is 0 Å². The zero-order chi connectivity index (χ0) is 11.8. The van der Waals surface area contributed by atoms with Gasteiger partial charge in [-0.2, -0.15) is 0 Å². The first-order valence-electron chi connectivity index (χ1n) is 4.98. The Labute approximate surface area is 100 Å². The highest BCUT2D eigenvalue weighted by molar-refractivity contribution is 7.13. The fourth-order valence-electron chi connectivity index (χ4n) is 1.65. The van der Waals surface area contributed by atoms with E-state index in [0.29, 0.717) is 27.4 Å². The number of fused-ring (bicyclic) bond motifs is 1. The molecule has 0 saturated carbocycles. The summed E-state index contributed by atoms with van der Waals surface area (Å²) >= 11 is 1.35. The minimum atomic E-state index is -0.0744. The zero-order valence-corrected chi connectivity index (χ0v) is 9.53. The van der Waals surface area contributed by atoms with E-state index in [2.05, 4.69) is 4.98 Å². The predicted octanol–water partition coefficient (Wildman–Crippen LogP) is 2.50. The molecule has 0 atom stereocenters. The Morgan fingerprint density at radius 3 is 2.88 bits per heavy atom. The van der Waals surface area contributed by atoms with Gasteiger partial charge in [-0.3, -0.25) is 4.79 Å². The number of hydrogen-bond donors (Lipinski definition) is 1. The quantitative estimate of drug-likeness (QED) is 0.714. The van der Waals surface area contributed by atoms with Gasteiger partial charge in [0.15, 0.2) is 11.2 Å². The Morgan fingerprint density at radius 1 is 1.29 bits per heavy atom. The van der Waals surface area contributed by atoms with Gasteiger partial charge in [0.05, 0.1) is 10.9 Å². The number of nitrogens with two attached hydrogens (primary N) is 1. The minimum absolute atomic E-state index is 0.0744. The number of hydrogen-bond acceptors (Lipinski definition) is 5. The molecule has 2 N–H and O–H groups in total. The Bertz CT molecular complexity index is 745. The number of benzene rings is 1.